The fraction of sp³-hybridized carbons (Fsp3) is 0.421. The van der Waals surface area contributed by atoms with E-state index >= 15 is 0 Å². The molecule has 21 heavy (non-hydrogen) atoms. The Kier molecular flexibility index (Phi) is 3.96. The van der Waals surface area contributed by atoms with Gasteiger partial charge in [0.25, 0.3) is 0 Å². The van der Waals surface area contributed by atoms with Crippen molar-refractivity contribution in [3.63, 3.8) is 0 Å². The molecular weight excluding hydrogens is 260 g/mol. The normalized spacial score (nSPS) is 17.8. The quantitative estimate of drug-likeness (QED) is 0.852. The highest BCUT2D eigenvalue weighted by Crippen LogP contribution is 2.38. The predicted octanol–water partition coefficient (Wildman–Crippen LogP) is 5.08. The summed E-state index contributed by atoms with van der Waals surface area (Å²) in [5, 5.41) is 11.7. The molecule has 1 aliphatic rings. The summed E-state index contributed by atoms with van der Waals surface area (Å²) in [6.07, 6.45) is 6.50. The van der Waals surface area contributed by atoms with E-state index in [9.17, 15) is 9.90 Å². The number of carboxylic acid groups (broad SMARTS) is 1. The molecule has 0 heterocycles. The lowest BCUT2D eigenvalue weighted by Gasteiger charge is -2.24. The largest absolute Gasteiger partial charge is 0.481 e. The third kappa shape index (κ3) is 2.67. The van der Waals surface area contributed by atoms with Crippen LogP contribution in [0.4, 0.5) is 0 Å². The highest BCUT2D eigenvalue weighted by molar-refractivity contribution is 5.93. The number of fused-ring (bicyclic) bond motifs is 1. The zero-order valence-electron chi connectivity index (χ0n) is 12.5. The van der Waals surface area contributed by atoms with Gasteiger partial charge in [0.05, 0.1) is 5.92 Å². The molecule has 110 valence electrons. The van der Waals surface area contributed by atoms with Crippen LogP contribution in [0.2, 0.25) is 0 Å². The zero-order valence-corrected chi connectivity index (χ0v) is 12.5. The van der Waals surface area contributed by atoms with Crippen molar-refractivity contribution in [1.29, 1.82) is 0 Å². The molecule has 1 aliphatic carbocycles. The monoisotopic (exact) mass is 282 g/mol. The third-order valence-electron chi connectivity index (χ3n) is 4.87. The van der Waals surface area contributed by atoms with E-state index in [-0.39, 0.29) is 0 Å². The van der Waals surface area contributed by atoms with Crippen LogP contribution in [0.25, 0.3) is 10.8 Å². The van der Waals surface area contributed by atoms with Crippen LogP contribution in [0.5, 0.6) is 0 Å². The van der Waals surface area contributed by atoms with Gasteiger partial charge in [0.2, 0.25) is 0 Å². The summed E-state index contributed by atoms with van der Waals surface area (Å²) in [4.78, 5) is 11.3. The lowest BCUT2D eigenvalue weighted by Crippen LogP contribution is -2.10. The minimum Gasteiger partial charge on any atom is -0.481 e. The number of rotatable bonds is 3. The SMILES string of the molecule is C[C@@H](C(=O)O)c1ccc(C2CCCCC2)c2ccccc12. The molecule has 1 N–H and O–H groups in total. The molecule has 2 nitrogen and oxygen atoms in total. The second kappa shape index (κ2) is 5.88. The summed E-state index contributed by atoms with van der Waals surface area (Å²) in [6.45, 7) is 1.77. The molecule has 0 bridgehead atoms. The van der Waals surface area contributed by atoms with Gasteiger partial charge in [-0.15, -0.1) is 0 Å². The van der Waals surface area contributed by atoms with Gasteiger partial charge in [0.1, 0.15) is 0 Å². The van der Waals surface area contributed by atoms with Crippen molar-refractivity contribution < 1.29 is 9.90 Å². The van der Waals surface area contributed by atoms with E-state index in [1.54, 1.807) is 6.92 Å². The Balaban J connectivity index is 2.12. The first-order chi connectivity index (χ1) is 10.2. The number of hydrogen-bond acceptors (Lipinski definition) is 1. The Morgan fingerprint density at radius 2 is 1.71 bits per heavy atom. The molecule has 1 fully saturated rings. The molecule has 2 aromatic rings. The standard InChI is InChI=1S/C19H22O2/c1-13(19(20)21)15-11-12-16(14-7-3-2-4-8-14)18-10-6-5-9-17(15)18/h5-6,9-14H,2-4,7-8H2,1H3,(H,20,21)/t13-/m1/s1. The van der Waals surface area contributed by atoms with Gasteiger partial charge in [-0.1, -0.05) is 55.7 Å². The molecule has 1 atom stereocenters. The van der Waals surface area contributed by atoms with Crippen LogP contribution in [0, 0.1) is 0 Å². The molecule has 0 saturated heterocycles. The smallest absolute Gasteiger partial charge is 0.310 e. The van der Waals surface area contributed by atoms with Gasteiger partial charge in [-0.25, -0.2) is 0 Å². The van der Waals surface area contributed by atoms with E-state index in [1.165, 1.54) is 43.1 Å². The first-order valence-corrected chi connectivity index (χ1v) is 7.93. The van der Waals surface area contributed by atoms with E-state index in [2.05, 4.69) is 24.3 Å². The maximum Gasteiger partial charge on any atom is 0.310 e. The van der Waals surface area contributed by atoms with Crippen molar-refractivity contribution in [2.75, 3.05) is 0 Å². The zero-order chi connectivity index (χ0) is 14.8. The Hall–Kier alpha value is -1.83. The van der Waals surface area contributed by atoms with Crippen molar-refractivity contribution in [1.82, 2.24) is 0 Å². The lowest BCUT2D eigenvalue weighted by molar-refractivity contribution is -0.138. The van der Waals surface area contributed by atoms with E-state index < -0.39 is 11.9 Å². The summed E-state index contributed by atoms with van der Waals surface area (Å²) < 4.78 is 0. The van der Waals surface area contributed by atoms with Crippen molar-refractivity contribution in [3.05, 3.63) is 47.5 Å². The number of hydrogen-bond donors (Lipinski definition) is 1. The Bertz CT molecular complexity index is 654. The number of carboxylic acids is 1. The van der Waals surface area contributed by atoms with Crippen LogP contribution in [0.15, 0.2) is 36.4 Å². The lowest BCUT2D eigenvalue weighted by atomic mass is 9.80. The molecule has 2 aromatic carbocycles. The molecule has 0 aliphatic heterocycles. The Morgan fingerprint density at radius 1 is 1.05 bits per heavy atom. The fourth-order valence-electron chi connectivity index (χ4n) is 3.63. The van der Waals surface area contributed by atoms with Crippen LogP contribution in [0.1, 0.15) is 62.0 Å². The van der Waals surface area contributed by atoms with Gasteiger partial charge in [0, 0.05) is 0 Å². The molecular formula is C19H22O2. The van der Waals surface area contributed by atoms with Crippen LogP contribution in [0.3, 0.4) is 0 Å². The van der Waals surface area contributed by atoms with Gasteiger partial charge in [-0.3, -0.25) is 4.79 Å². The van der Waals surface area contributed by atoms with E-state index in [1.807, 2.05) is 12.1 Å². The van der Waals surface area contributed by atoms with E-state index in [0.717, 1.165) is 10.9 Å². The second-order valence-corrected chi connectivity index (χ2v) is 6.18. The molecule has 0 spiro atoms. The second-order valence-electron chi connectivity index (χ2n) is 6.18. The van der Waals surface area contributed by atoms with Crippen molar-refractivity contribution in [3.8, 4) is 0 Å². The van der Waals surface area contributed by atoms with Crippen molar-refractivity contribution in [2.24, 2.45) is 0 Å². The van der Waals surface area contributed by atoms with Crippen molar-refractivity contribution in [2.45, 2.75) is 50.9 Å². The molecule has 0 unspecified atom stereocenters. The van der Waals surface area contributed by atoms with Crippen LogP contribution >= 0.6 is 0 Å². The molecule has 0 radical (unpaired) electrons. The van der Waals surface area contributed by atoms with Crippen molar-refractivity contribution >= 4 is 16.7 Å². The van der Waals surface area contributed by atoms with Gasteiger partial charge >= 0.3 is 5.97 Å². The summed E-state index contributed by atoms with van der Waals surface area (Å²) >= 11 is 0. The maximum absolute atomic E-state index is 11.3. The Labute approximate surface area is 125 Å². The molecule has 1 saturated carbocycles. The van der Waals surface area contributed by atoms with Gasteiger partial charge < -0.3 is 5.11 Å². The summed E-state index contributed by atoms with van der Waals surface area (Å²) in [5.41, 5.74) is 2.34. The minimum atomic E-state index is -0.759. The number of carbonyl (C=O) groups is 1. The molecule has 0 amide bonds. The molecule has 2 heteroatoms. The number of benzene rings is 2. The summed E-state index contributed by atoms with van der Waals surface area (Å²) in [6, 6.07) is 12.5. The third-order valence-corrected chi connectivity index (χ3v) is 4.87. The molecule has 0 aromatic heterocycles. The van der Waals surface area contributed by atoms with Gasteiger partial charge in [-0.2, -0.15) is 0 Å². The predicted molar refractivity (Wildman–Crippen MR) is 85.8 cm³/mol. The number of aliphatic carboxylic acids is 1. The summed E-state index contributed by atoms with van der Waals surface area (Å²) in [5.74, 6) is -0.585. The minimum absolute atomic E-state index is 0.463. The van der Waals surface area contributed by atoms with E-state index in [0.29, 0.717) is 5.92 Å². The van der Waals surface area contributed by atoms with E-state index in [4.69, 9.17) is 0 Å². The van der Waals surface area contributed by atoms with Crippen LogP contribution in [-0.4, -0.2) is 11.1 Å². The average molecular weight is 282 g/mol. The Morgan fingerprint density at radius 3 is 2.38 bits per heavy atom. The maximum atomic E-state index is 11.3. The fourth-order valence-corrected chi connectivity index (χ4v) is 3.63. The van der Waals surface area contributed by atoms with Gasteiger partial charge in [-0.05, 0) is 47.6 Å². The first kappa shape index (κ1) is 14.1. The highest BCUT2D eigenvalue weighted by Gasteiger charge is 2.21. The first-order valence-electron chi connectivity index (χ1n) is 7.93. The molecule has 3 rings (SSSR count). The van der Waals surface area contributed by atoms with Crippen LogP contribution < -0.4 is 0 Å². The topological polar surface area (TPSA) is 37.3 Å². The summed E-state index contributed by atoms with van der Waals surface area (Å²) in [7, 11) is 0. The van der Waals surface area contributed by atoms with Crippen LogP contribution in [-0.2, 0) is 4.79 Å². The average Bonchev–Trinajstić information content (AvgIpc) is 2.54. The highest BCUT2D eigenvalue weighted by atomic mass is 16.4. The van der Waals surface area contributed by atoms with Gasteiger partial charge in [0.15, 0.2) is 0 Å².